The van der Waals surface area contributed by atoms with E-state index < -0.39 is 23.0 Å². The fourth-order valence-electron chi connectivity index (χ4n) is 0.731. The average Bonchev–Trinajstić information content (AvgIpc) is 1.96. The molecule has 0 aliphatic heterocycles. The second kappa shape index (κ2) is 3.94. The first-order valence-electron chi connectivity index (χ1n) is 3.20. The van der Waals surface area contributed by atoms with Crippen LogP contribution < -0.4 is 4.74 Å². The molecule has 1 nitrogen and oxygen atoms in total. The molecule has 0 aromatic heterocycles. The highest BCUT2D eigenvalue weighted by Gasteiger charge is 2.30. The van der Waals surface area contributed by atoms with E-state index >= 15 is 0 Å². The normalized spacial score (nSPS) is 11.6. The highest BCUT2D eigenvalue weighted by molar-refractivity contribution is 9.10. The molecule has 0 aliphatic rings. The van der Waals surface area contributed by atoms with Crippen molar-refractivity contribution in [1.29, 1.82) is 0 Å². The summed E-state index contributed by atoms with van der Waals surface area (Å²) in [5, 5.41) is 0. The Morgan fingerprint density at radius 2 is 1.86 bits per heavy atom. The molecule has 0 unspecified atom stereocenters. The number of rotatable bonds is 2. The zero-order valence-electron chi connectivity index (χ0n) is 6.33. The molecule has 0 spiro atoms. The Morgan fingerprint density at radius 3 is 2.36 bits per heavy atom. The van der Waals surface area contributed by atoms with Crippen LogP contribution in [0.3, 0.4) is 0 Å². The van der Waals surface area contributed by atoms with E-state index in [1.54, 1.807) is 0 Å². The Bertz CT molecular complexity index is 352. The molecule has 0 saturated carbocycles. The molecule has 0 N–H and O–H groups in total. The highest BCUT2D eigenvalue weighted by atomic mass is 79.9. The van der Waals surface area contributed by atoms with Gasteiger partial charge in [0.15, 0.2) is 11.6 Å². The number of benzene rings is 1. The first kappa shape index (κ1) is 11.6. The van der Waals surface area contributed by atoms with Crippen LogP contribution in [0.2, 0.25) is 0 Å². The van der Waals surface area contributed by atoms with Crippen molar-refractivity contribution < 1.29 is 22.3 Å². The summed E-state index contributed by atoms with van der Waals surface area (Å²) in [6, 6.07) is 1.61. The summed E-state index contributed by atoms with van der Waals surface area (Å²) < 4.78 is 53.4. The monoisotopic (exact) mass is 292 g/mol. The van der Waals surface area contributed by atoms with Gasteiger partial charge in [-0.1, -0.05) is 15.9 Å². The van der Waals surface area contributed by atoms with Crippen LogP contribution in [-0.4, -0.2) is 5.57 Å². The van der Waals surface area contributed by atoms with E-state index in [0.29, 0.717) is 0 Å². The number of hydrogen-bond acceptors (Lipinski definition) is 1. The highest BCUT2D eigenvalue weighted by Crippen LogP contribution is 2.31. The molecule has 1 aromatic carbocycles. The Labute approximate surface area is 89.7 Å². The molecule has 0 atom stereocenters. The topological polar surface area (TPSA) is 9.23 Å². The van der Waals surface area contributed by atoms with Crippen LogP contribution in [0.5, 0.6) is 5.75 Å². The third-order valence-electron chi connectivity index (χ3n) is 1.19. The molecule has 0 bridgehead atoms. The first-order chi connectivity index (χ1) is 6.29. The van der Waals surface area contributed by atoms with Crippen molar-refractivity contribution in [1.82, 2.24) is 0 Å². The second-order valence-electron chi connectivity index (χ2n) is 2.25. The minimum atomic E-state index is -4.08. The maximum atomic E-state index is 12.8. The van der Waals surface area contributed by atoms with Crippen molar-refractivity contribution in [3.63, 3.8) is 0 Å². The van der Waals surface area contributed by atoms with Crippen LogP contribution in [0.4, 0.5) is 17.6 Å². The maximum absolute atomic E-state index is 12.8. The molecule has 0 amide bonds. The summed E-state index contributed by atoms with van der Waals surface area (Å²) >= 11 is 7.16. The van der Waals surface area contributed by atoms with E-state index in [0.717, 1.165) is 12.1 Å². The zero-order chi connectivity index (χ0) is 10.9. The molecule has 7 heteroatoms. The predicted molar refractivity (Wildman–Crippen MR) is 45.5 cm³/mol. The quantitative estimate of drug-likeness (QED) is 0.456. The van der Waals surface area contributed by atoms with E-state index in [-0.39, 0.29) is 4.47 Å². The van der Waals surface area contributed by atoms with Gasteiger partial charge in [-0.05, 0) is 12.1 Å². The van der Waals surface area contributed by atoms with E-state index in [9.17, 15) is 17.6 Å². The minimum absolute atomic E-state index is 0.0623. The van der Waals surface area contributed by atoms with Gasteiger partial charge in [-0.2, -0.15) is 4.39 Å². The molecule has 0 saturated heterocycles. The molecule has 0 aliphatic carbocycles. The molecule has 78 valence electrons. The molecule has 1 aromatic rings. The lowest BCUT2D eigenvalue weighted by atomic mass is 10.3. The number of hydrogen-bond donors (Lipinski definition) is 0. The summed E-state index contributed by atoms with van der Waals surface area (Å²) in [5.41, 5.74) is -4.08. The van der Waals surface area contributed by atoms with Gasteiger partial charge in [0.2, 0.25) is 5.82 Å². The lowest BCUT2D eigenvalue weighted by Crippen LogP contribution is -2.16. The fourth-order valence-corrected chi connectivity index (χ4v) is 1.22. The van der Waals surface area contributed by atoms with Crippen LogP contribution in [0.25, 0.3) is 0 Å². The lowest BCUT2D eigenvalue weighted by molar-refractivity contribution is -0.0987. The van der Waals surface area contributed by atoms with Gasteiger partial charge < -0.3 is 4.74 Å². The number of alkyl halides is 3. The summed E-state index contributed by atoms with van der Waals surface area (Å²) in [7, 11) is 0. The molecule has 0 radical (unpaired) electrons. The molecule has 0 heterocycles. The van der Waals surface area contributed by atoms with Gasteiger partial charge in [0.05, 0.1) is 0 Å². The van der Waals surface area contributed by atoms with Crippen molar-refractivity contribution >= 4 is 27.5 Å². The van der Waals surface area contributed by atoms with Gasteiger partial charge in [-0.3, -0.25) is 0 Å². The molecular formula is C7H2BrClF4O. The van der Waals surface area contributed by atoms with Gasteiger partial charge in [-0.15, -0.1) is 8.78 Å². The van der Waals surface area contributed by atoms with Gasteiger partial charge in [0, 0.05) is 16.1 Å². The summed E-state index contributed by atoms with van der Waals surface area (Å²) in [6.07, 6.45) is 0. The van der Waals surface area contributed by atoms with E-state index in [1.165, 1.54) is 0 Å². The lowest BCUT2D eigenvalue weighted by Gasteiger charge is -2.11. The minimum Gasteiger partial charge on any atom is -0.417 e. The van der Waals surface area contributed by atoms with Crippen LogP contribution in [0.15, 0.2) is 16.6 Å². The van der Waals surface area contributed by atoms with Gasteiger partial charge in [0.1, 0.15) is 0 Å². The van der Waals surface area contributed by atoms with Gasteiger partial charge in [0.25, 0.3) is 0 Å². The van der Waals surface area contributed by atoms with Crippen LogP contribution in [0.1, 0.15) is 0 Å². The Balaban J connectivity index is 3.09. The standard InChI is InChI=1S/C7H2BrClF4O/c8-3-1-4(10)6(11)5(2-3)14-7(9,12)13/h1-2H. The Kier molecular flexibility index (Phi) is 3.26. The van der Waals surface area contributed by atoms with E-state index in [4.69, 9.17) is 0 Å². The molecular weight excluding hydrogens is 291 g/mol. The van der Waals surface area contributed by atoms with Crippen molar-refractivity contribution in [3.8, 4) is 5.75 Å². The summed E-state index contributed by atoms with van der Waals surface area (Å²) in [5.74, 6) is -3.79. The molecule has 14 heavy (non-hydrogen) atoms. The second-order valence-corrected chi connectivity index (χ2v) is 3.60. The largest absolute Gasteiger partial charge is 0.487 e. The number of halogens is 6. The zero-order valence-corrected chi connectivity index (χ0v) is 8.67. The fraction of sp³-hybridized carbons (Fsp3) is 0.143. The first-order valence-corrected chi connectivity index (χ1v) is 4.37. The summed E-state index contributed by atoms with van der Waals surface area (Å²) in [6.45, 7) is 0. The van der Waals surface area contributed by atoms with Crippen LogP contribution >= 0.6 is 27.5 Å². The van der Waals surface area contributed by atoms with Crippen molar-refractivity contribution in [2.24, 2.45) is 0 Å². The maximum Gasteiger partial charge on any atom is 0.487 e. The van der Waals surface area contributed by atoms with Crippen LogP contribution in [0, 0.1) is 11.6 Å². The summed E-state index contributed by atoms with van der Waals surface area (Å²) in [4.78, 5) is 0. The Hall–Kier alpha value is -0.490. The van der Waals surface area contributed by atoms with E-state index in [1.807, 2.05) is 0 Å². The molecule has 0 fully saturated rings. The van der Waals surface area contributed by atoms with Gasteiger partial charge >= 0.3 is 5.57 Å². The number of ether oxygens (including phenoxy) is 1. The Morgan fingerprint density at radius 1 is 1.29 bits per heavy atom. The third kappa shape index (κ3) is 3.02. The van der Waals surface area contributed by atoms with Crippen LogP contribution in [-0.2, 0) is 0 Å². The molecule has 1 rings (SSSR count). The predicted octanol–water partition coefficient (Wildman–Crippen LogP) is 3.90. The van der Waals surface area contributed by atoms with E-state index in [2.05, 4.69) is 32.3 Å². The third-order valence-corrected chi connectivity index (χ3v) is 1.72. The average molecular weight is 293 g/mol. The smallest absolute Gasteiger partial charge is 0.417 e. The van der Waals surface area contributed by atoms with Crippen molar-refractivity contribution in [3.05, 3.63) is 28.2 Å². The SMILES string of the molecule is Fc1cc(Br)cc(OC(F)(F)Cl)c1F. The van der Waals surface area contributed by atoms with Gasteiger partial charge in [-0.25, -0.2) is 4.39 Å². The van der Waals surface area contributed by atoms with Crippen molar-refractivity contribution in [2.75, 3.05) is 0 Å². The van der Waals surface area contributed by atoms with Crippen molar-refractivity contribution in [2.45, 2.75) is 5.57 Å².